The molecule has 126 valence electrons. The Hall–Kier alpha value is -1.80. The molecule has 2 nitrogen and oxygen atoms in total. The summed E-state index contributed by atoms with van der Waals surface area (Å²) in [6, 6.07) is 19.5. The number of piperidine rings is 1. The Morgan fingerprint density at radius 1 is 0.875 bits per heavy atom. The highest BCUT2D eigenvalue weighted by Gasteiger charge is 2.25. The molecule has 2 aliphatic heterocycles. The molecule has 2 aromatic carbocycles. The van der Waals surface area contributed by atoms with Gasteiger partial charge in [0.25, 0.3) is 0 Å². The molecule has 0 aliphatic carbocycles. The van der Waals surface area contributed by atoms with E-state index in [0.29, 0.717) is 5.92 Å². The van der Waals surface area contributed by atoms with Crippen molar-refractivity contribution >= 4 is 0 Å². The Morgan fingerprint density at radius 2 is 1.62 bits per heavy atom. The van der Waals surface area contributed by atoms with Gasteiger partial charge in [-0.1, -0.05) is 48.5 Å². The molecular weight excluding hydrogens is 294 g/mol. The Morgan fingerprint density at radius 3 is 2.46 bits per heavy atom. The Kier molecular flexibility index (Phi) is 4.84. The van der Waals surface area contributed by atoms with E-state index in [1.165, 1.54) is 56.4 Å². The molecule has 1 fully saturated rings. The predicted octanol–water partition coefficient (Wildman–Crippen LogP) is 4.19. The van der Waals surface area contributed by atoms with Gasteiger partial charge in [0.15, 0.2) is 0 Å². The molecule has 1 atom stereocenters. The van der Waals surface area contributed by atoms with E-state index in [9.17, 15) is 0 Å². The first kappa shape index (κ1) is 15.7. The fourth-order valence-corrected chi connectivity index (χ4v) is 4.19. The lowest BCUT2D eigenvalue weighted by atomic mass is 9.89. The van der Waals surface area contributed by atoms with Crippen molar-refractivity contribution in [3.63, 3.8) is 0 Å². The van der Waals surface area contributed by atoms with Gasteiger partial charge in [0.05, 0.1) is 6.61 Å². The first-order valence-electron chi connectivity index (χ1n) is 9.34. The maximum atomic E-state index is 5.95. The third kappa shape index (κ3) is 3.81. The van der Waals surface area contributed by atoms with E-state index in [1.54, 1.807) is 0 Å². The minimum Gasteiger partial charge on any atom is -0.493 e. The van der Waals surface area contributed by atoms with Crippen molar-refractivity contribution in [2.45, 2.75) is 25.7 Å². The summed E-state index contributed by atoms with van der Waals surface area (Å²) in [5.74, 6) is 2.59. The van der Waals surface area contributed by atoms with Gasteiger partial charge in [-0.05, 0) is 61.9 Å². The minimum absolute atomic E-state index is 0.644. The summed E-state index contributed by atoms with van der Waals surface area (Å²) >= 11 is 0. The van der Waals surface area contributed by atoms with Gasteiger partial charge in [0, 0.05) is 12.5 Å². The Labute approximate surface area is 145 Å². The number of benzene rings is 2. The van der Waals surface area contributed by atoms with E-state index in [1.807, 2.05) is 0 Å². The van der Waals surface area contributed by atoms with Crippen molar-refractivity contribution in [2.75, 3.05) is 26.2 Å². The van der Waals surface area contributed by atoms with Crippen LogP contribution in [0.4, 0.5) is 0 Å². The second kappa shape index (κ2) is 7.40. The number of rotatable bonds is 4. The fourth-order valence-electron chi connectivity index (χ4n) is 4.19. The van der Waals surface area contributed by atoms with E-state index in [4.69, 9.17) is 4.74 Å². The molecular formula is C22H27NO. The molecule has 2 heteroatoms. The van der Waals surface area contributed by atoms with Crippen LogP contribution < -0.4 is 4.74 Å². The summed E-state index contributed by atoms with van der Waals surface area (Å²) in [6.07, 6.45) is 5.08. The molecule has 0 bridgehead atoms. The summed E-state index contributed by atoms with van der Waals surface area (Å²) in [7, 11) is 0. The van der Waals surface area contributed by atoms with Gasteiger partial charge in [-0.15, -0.1) is 0 Å². The van der Waals surface area contributed by atoms with Crippen LogP contribution >= 0.6 is 0 Å². The molecule has 0 amide bonds. The normalized spacial score (nSPS) is 21.9. The molecule has 4 rings (SSSR count). The largest absolute Gasteiger partial charge is 0.493 e. The number of para-hydroxylation sites is 1. The van der Waals surface area contributed by atoms with E-state index in [2.05, 4.69) is 59.5 Å². The van der Waals surface area contributed by atoms with Crippen molar-refractivity contribution in [2.24, 2.45) is 11.8 Å². The van der Waals surface area contributed by atoms with Crippen LogP contribution in [0, 0.1) is 11.8 Å². The van der Waals surface area contributed by atoms with Crippen LogP contribution in [0.2, 0.25) is 0 Å². The highest BCUT2D eigenvalue weighted by Crippen LogP contribution is 2.28. The second-order valence-corrected chi connectivity index (χ2v) is 7.42. The van der Waals surface area contributed by atoms with Gasteiger partial charge < -0.3 is 9.64 Å². The number of hydrogen-bond acceptors (Lipinski definition) is 2. The molecule has 2 aromatic rings. The predicted molar refractivity (Wildman–Crippen MR) is 98.4 cm³/mol. The number of fused-ring (bicyclic) bond motifs is 1. The number of nitrogens with zero attached hydrogens (tertiary/aromatic N) is 1. The van der Waals surface area contributed by atoms with Crippen molar-refractivity contribution < 1.29 is 4.74 Å². The first-order valence-corrected chi connectivity index (χ1v) is 9.34. The average Bonchev–Trinajstić information content (AvgIpc) is 2.64. The molecule has 2 heterocycles. The van der Waals surface area contributed by atoms with Crippen molar-refractivity contribution in [3.05, 3.63) is 65.7 Å². The molecule has 0 radical (unpaired) electrons. The zero-order valence-electron chi connectivity index (χ0n) is 14.4. The maximum Gasteiger partial charge on any atom is 0.122 e. The Balaban J connectivity index is 1.25. The van der Waals surface area contributed by atoms with Gasteiger partial charge in [0.1, 0.15) is 5.75 Å². The first-order chi connectivity index (χ1) is 11.9. The van der Waals surface area contributed by atoms with Crippen molar-refractivity contribution in [1.82, 2.24) is 4.90 Å². The van der Waals surface area contributed by atoms with Crippen LogP contribution in [-0.4, -0.2) is 31.1 Å². The standard InChI is InChI=1S/C22H27NO/c1-2-6-18(7-3-1)14-19-10-12-23(13-11-19)16-20-15-21-8-4-5-9-22(21)24-17-20/h1-9,19-20H,10-17H2. The molecule has 24 heavy (non-hydrogen) atoms. The summed E-state index contributed by atoms with van der Waals surface area (Å²) in [5.41, 5.74) is 2.88. The lowest BCUT2D eigenvalue weighted by Crippen LogP contribution is -2.40. The van der Waals surface area contributed by atoms with Gasteiger partial charge in [-0.2, -0.15) is 0 Å². The monoisotopic (exact) mass is 321 g/mol. The molecule has 1 saturated heterocycles. The van der Waals surface area contributed by atoms with Crippen LogP contribution in [-0.2, 0) is 12.8 Å². The highest BCUT2D eigenvalue weighted by atomic mass is 16.5. The average molecular weight is 321 g/mol. The number of likely N-dealkylation sites (tertiary alicyclic amines) is 1. The molecule has 0 N–H and O–H groups in total. The van der Waals surface area contributed by atoms with Crippen LogP contribution in [0.5, 0.6) is 5.75 Å². The summed E-state index contributed by atoms with van der Waals surface area (Å²) in [5, 5.41) is 0. The highest BCUT2D eigenvalue weighted by molar-refractivity contribution is 5.35. The molecule has 0 saturated carbocycles. The zero-order chi connectivity index (χ0) is 16.2. The van der Waals surface area contributed by atoms with Gasteiger partial charge >= 0.3 is 0 Å². The van der Waals surface area contributed by atoms with Crippen molar-refractivity contribution in [1.29, 1.82) is 0 Å². The topological polar surface area (TPSA) is 12.5 Å². The molecule has 1 unspecified atom stereocenters. The summed E-state index contributed by atoms with van der Waals surface area (Å²) < 4.78 is 5.95. The summed E-state index contributed by atoms with van der Waals surface area (Å²) in [6.45, 7) is 4.55. The number of ether oxygens (including phenoxy) is 1. The van der Waals surface area contributed by atoms with Crippen LogP contribution in [0.25, 0.3) is 0 Å². The van der Waals surface area contributed by atoms with Gasteiger partial charge in [-0.25, -0.2) is 0 Å². The SMILES string of the molecule is c1ccc(CC2CCN(CC3COc4ccccc4C3)CC2)cc1. The third-order valence-electron chi connectivity index (χ3n) is 5.55. The quantitative estimate of drug-likeness (QED) is 0.837. The van der Waals surface area contributed by atoms with E-state index >= 15 is 0 Å². The van der Waals surface area contributed by atoms with Crippen LogP contribution in [0.15, 0.2) is 54.6 Å². The molecule has 2 aliphatic rings. The van der Waals surface area contributed by atoms with Gasteiger partial charge in [0.2, 0.25) is 0 Å². The van der Waals surface area contributed by atoms with E-state index in [0.717, 1.165) is 18.3 Å². The van der Waals surface area contributed by atoms with E-state index < -0.39 is 0 Å². The van der Waals surface area contributed by atoms with Crippen molar-refractivity contribution in [3.8, 4) is 5.75 Å². The number of hydrogen-bond donors (Lipinski definition) is 0. The second-order valence-electron chi connectivity index (χ2n) is 7.42. The molecule has 0 spiro atoms. The maximum absolute atomic E-state index is 5.95. The Bertz CT molecular complexity index is 646. The fraction of sp³-hybridized carbons (Fsp3) is 0.455. The van der Waals surface area contributed by atoms with Crippen LogP contribution in [0.1, 0.15) is 24.0 Å². The summed E-state index contributed by atoms with van der Waals surface area (Å²) in [4.78, 5) is 2.66. The van der Waals surface area contributed by atoms with E-state index in [-0.39, 0.29) is 0 Å². The molecule has 0 aromatic heterocycles. The lowest BCUT2D eigenvalue weighted by molar-refractivity contribution is 0.126. The van der Waals surface area contributed by atoms with Gasteiger partial charge in [-0.3, -0.25) is 0 Å². The van der Waals surface area contributed by atoms with Crippen LogP contribution in [0.3, 0.4) is 0 Å². The minimum atomic E-state index is 0.644. The third-order valence-corrected chi connectivity index (χ3v) is 5.55. The smallest absolute Gasteiger partial charge is 0.122 e. The lowest BCUT2D eigenvalue weighted by Gasteiger charge is -2.35. The zero-order valence-corrected chi connectivity index (χ0v) is 14.4.